The van der Waals surface area contributed by atoms with Gasteiger partial charge in [0.25, 0.3) is 11.8 Å². The fourth-order valence-corrected chi connectivity index (χ4v) is 4.44. The number of amides is 2. The Bertz CT molecular complexity index is 894. The number of hydrogen-bond donors (Lipinski definition) is 1. The fraction of sp³-hybridized carbons (Fsp3) is 0.263. The van der Waals surface area contributed by atoms with Crippen LogP contribution >= 0.6 is 0 Å². The van der Waals surface area contributed by atoms with Crippen molar-refractivity contribution in [3.63, 3.8) is 0 Å². The summed E-state index contributed by atoms with van der Waals surface area (Å²) >= 11 is 0. The normalized spacial score (nSPS) is 27.5. The third kappa shape index (κ3) is 1.43. The highest BCUT2D eigenvalue weighted by molar-refractivity contribution is 6.15. The van der Waals surface area contributed by atoms with Gasteiger partial charge in [-0.25, -0.2) is 0 Å². The van der Waals surface area contributed by atoms with Gasteiger partial charge in [0.1, 0.15) is 0 Å². The molecule has 3 heterocycles. The number of carbonyl (C=O) groups excluding carboxylic acids is 2. The van der Waals surface area contributed by atoms with E-state index in [0.29, 0.717) is 35.3 Å². The van der Waals surface area contributed by atoms with Gasteiger partial charge < -0.3 is 10.0 Å². The molecule has 2 atom stereocenters. The maximum Gasteiger partial charge on any atom is 0.261 e. The van der Waals surface area contributed by atoms with E-state index in [1.165, 1.54) is 4.90 Å². The Morgan fingerprint density at radius 3 is 2.50 bits per heavy atom. The lowest BCUT2D eigenvalue weighted by Gasteiger charge is -2.39. The van der Waals surface area contributed by atoms with Crippen LogP contribution in [-0.4, -0.2) is 34.4 Å². The van der Waals surface area contributed by atoms with Crippen molar-refractivity contribution < 1.29 is 14.7 Å². The largest absolute Gasteiger partial charge is 0.365 e. The number of para-hydroxylation sites is 1. The molecule has 5 nitrogen and oxygen atoms in total. The summed E-state index contributed by atoms with van der Waals surface area (Å²) < 4.78 is 0. The van der Waals surface area contributed by atoms with Crippen molar-refractivity contribution in [3.8, 4) is 0 Å². The van der Waals surface area contributed by atoms with E-state index in [-0.39, 0.29) is 11.8 Å². The van der Waals surface area contributed by atoms with Crippen LogP contribution in [0.4, 0.5) is 5.69 Å². The minimum atomic E-state index is -1.51. The minimum absolute atomic E-state index is 0.110. The van der Waals surface area contributed by atoms with Crippen molar-refractivity contribution in [2.75, 3.05) is 11.4 Å². The molecule has 1 saturated heterocycles. The third-order valence-corrected chi connectivity index (χ3v) is 5.45. The number of aliphatic hydroxyl groups is 1. The summed E-state index contributed by atoms with van der Waals surface area (Å²) in [6.07, 6.45) is 1.50. The molecule has 3 aliphatic heterocycles. The first-order chi connectivity index (χ1) is 11.6. The Balaban J connectivity index is 1.86. The van der Waals surface area contributed by atoms with E-state index in [1.54, 1.807) is 47.4 Å². The van der Waals surface area contributed by atoms with Crippen molar-refractivity contribution in [2.24, 2.45) is 0 Å². The molecule has 5 heteroatoms. The molecule has 0 bridgehead atoms. The van der Waals surface area contributed by atoms with Crippen LogP contribution in [0.5, 0.6) is 0 Å². The number of nitrogens with zero attached hydrogens (tertiary/aromatic N) is 2. The van der Waals surface area contributed by atoms with Gasteiger partial charge in [0.2, 0.25) is 0 Å². The Morgan fingerprint density at radius 1 is 0.958 bits per heavy atom. The van der Waals surface area contributed by atoms with Crippen LogP contribution in [-0.2, 0) is 5.72 Å². The second kappa shape index (κ2) is 4.45. The van der Waals surface area contributed by atoms with Crippen LogP contribution in [0.15, 0.2) is 48.5 Å². The Hall–Kier alpha value is -2.66. The van der Waals surface area contributed by atoms with Gasteiger partial charge in [-0.3, -0.25) is 14.5 Å². The molecule has 0 spiro atoms. The maximum atomic E-state index is 13.1. The van der Waals surface area contributed by atoms with Crippen LogP contribution in [0, 0.1) is 0 Å². The molecular weight excluding hydrogens is 304 g/mol. The van der Waals surface area contributed by atoms with Gasteiger partial charge in [0, 0.05) is 17.7 Å². The molecule has 0 radical (unpaired) electrons. The number of benzene rings is 2. The first-order valence-corrected chi connectivity index (χ1v) is 8.20. The van der Waals surface area contributed by atoms with Gasteiger partial charge >= 0.3 is 0 Å². The quantitative estimate of drug-likeness (QED) is 0.809. The van der Waals surface area contributed by atoms with Gasteiger partial charge in [-0.15, -0.1) is 0 Å². The van der Waals surface area contributed by atoms with E-state index in [0.717, 1.165) is 6.42 Å². The van der Waals surface area contributed by atoms with Crippen LogP contribution in [0.1, 0.15) is 39.1 Å². The van der Waals surface area contributed by atoms with Crippen LogP contribution in [0.3, 0.4) is 0 Å². The highest BCUT2D eigenvalue weighted by atomic mass is 16.3. The van der Waals surface area contributed by atoms with E-state index in [1.807, 2.05) is 6.07 Å². The topological polar surface area (TPSA) is 60.9 Å². The SMILES string of the molecule is O=C1c2ccccc2N2C(=O)c3ccccc3[C@]2(O)[C@@H]2CCCN12. The molecule has 3 aliphatic rings. The van der Waals surface area contributed by atoms with Crippen molar-refractivity contribution >= 4 is 17.5 Å². The van der Waals surface area contributed by atoms with E-state index in [2.05, 4.69) is 0 Å². The number of hydrogen-bond acceptors (Lipinski definition) is 3. The Morgan fingerprint density at radius 2 is 1.67 bits per heavy atom. The van der Waals surface area contributed by atoms with Crippen LogP contribution in [0.2, 0.25) is 0 Å². The second-order valence-corrected chi connectivity index (χ2v) is 6.59. The molecule has 1 N–H and O–H groups in total. The summed E-state index contributed by atoms with van der Waals surface area (Å²) in [5.74, 6) is -0.358. The summed E-state index contributed by atoms with van der Waals surface area (Å²) in [5.41, 5.74) is 0.557. The monoisotopic (exact) mass is 320 g/mol. The predicted octanol–water partition coefficient (Wildman–Crippen LogP) is 2.11. The van der Waals surface area contributed by atoms with E-state index >= 15 is 0 Å². The number of fused-ring (bicyclic) bond motifs is 7. The second-order valence-electron chi connectivity index (χ2n) is 6.59. The van der Waals surface area contributed by atoms with Crippen molar-refractivity contribution in [1.29, 1.82) is 0 Å². The van der Waals surface area contributed by atoms with Gasteiger partial charge in [0.05, 0.1) is 17.3 Å². The smallest absolute Gasteiger partial charge is 0.261 e. The lowest BCUT2D eigenvalue weighted by molar-refractivity contribution is -0.0228. The molecule has 0 unspecified atom stereocenters. The molecule has 2 amide bonds. The van der Waals surface area contributed by atoms with Crippen molar-refractivity contribution in [3.05, 3.63) is 65.2 Å². The molecular formula is C19H16N2O3. The van der Waals surface area contributed by atoms with Gasteiger partial charge in [-0.2, -0.15) is 0 Å². The van der Waals surface area contributed by atoms with E-state index in [9.17, 15) is 14.7 Å². The Kier molecular flexibility index (Phi) is 2.55. The van der Waals surface area contributed by atoms with Gasteiger partial charge in [0.15, 0.2) is 5.72 Å². The van der Waals surface area contributed by atoms with E-state index < -0.39 is 11.8 Å². The zero-order chi connectivity index (χ0) is 16.5. The highest BCUT2D eigenvalue weighted by Gasteiger charge is 2.59. The molecule has 24 heavy (non-hydrogen) atoms. The summed E-state index contributed by atoms with van der Waals surface area (Å²) in [6, 6.07) is 13.8. The fourth-order valence-electron chi connectivity index (χ4n) is 4.44. The lowest BCUT2D eigenvalue weighted by Crippen LogP contribution is -2.55. The summed E-state index contributed by atoms with van der Waals surface area (Å²) in [5, 5.41) is 11.8. The highest BCUT2D eigenvalue weighted by Crippen LogP contribution is 2.49. The first-order valence-electron chi connectivity index (χ1n) is 8.20. The summed E-state index contributed by atoms with van der Waals surface area (Å²) in [7, 11) is 0. The van der Waals surface area contributed by atoms with Gasteiger partial charge in [-0.05, 0) is 31.0 Å². The van der Waals surface area contributed by atoms with Crippen LogP contribution in [0.25, 0.3) is 0 Å². The summed E-state index contributed by atoms with van der Waals surface area (Å²) in [4.78, 5) is 29.2. The molecule has 0 saturated carbocycles. The lowest BCUT2D eigenvalue weighted by atomic mass is 9.92. The molecule has 1 fully saturated rings. The number of rotatable bonds is 0. The standard InChI is InChI=1S/C19H16N2O3/c22-17-13-7-2-4-9-15(13)21-18(23)12-6-1-3-8-14(12)19(21,24)16-10-5-11-20(16)17/h1-4,6-9,16,24H,5,10-11H2/t16-,19-/m0/s1. The first kappa shape index (κ1) is 13.7. The third-order valence-electron chi connectivity index (χ3n) is 5.45. The molecule has 120 valence electrons. The minimum Gasteiger partial charge on any atom is -0.365 e. The van der Waals surface area contributed by atoms with Crippen molar-refractivity contribution in [1.82, 2.24) is 4.90 Å². The summed E-state index contributed by atoms with van der Waals surface area (Å²) in [6.45, 7) is 0.602. The van der Waals surface area contributed by atoms with Gasteiger partial charge in [-0.1, -0.05) is 30.3 Å². The average molecular weight is 320 g/mol. The zero-order valence-electron chi connectivity index (χ0n) is 13.0. The number of carbonyl (C=O) groups is 2. The average Bonchev–Trinajstić information content (AvgIpc) is 3.16. The molecule has 0 aromatic heterocycles. The molecule has 5 rings (SSSR count). The molecule has 0 aliphatic carbocycles. The molecule has 2 aromatic rings. The molecule has 2 aromatic carbocycles. The Labute approximate surface area is 139 Å². The van der Waals surface area contributed by atoms with E-state index in [4.69, 9.17) is 0 Å². The maximum absolute atomic E-state index is 13.1. The van der Waals surface area contributed by atoms with Crippen LogP contribution < -0.4 is 4.90 Å². The number of anilines is 1. The van der Waals surface area contributed by atoms with Crippen molar-refractivity contribution in [2.45, 2.75) is 24.6 Å². The predicted molar refractivity (Wildman–Crippen MR) is 87.6 cm³/mol. The zero-order valence-corrected chi connectivity index (χ0v) is 13.0.